The van der Waals surface area contributed by atoms with Gasteiger partial charge in [0, 0.05) is 0 Å². The number of carbonyl (C=O) groups is 1. The van der Waals surface area contributed by atoms with Gasteiger partial charge in [0.1, 0.15) is 34.2 Å². The summed E-state index contributed by atoms with van der Waals surface area (Å²) in [6, 6.07) is 25.5. The number of ether oxygens (including phenoxy) is 2. The predicted octanol–water partition coefficient (Wildman–Crippen LogP) is 6.34. The molecule has 4 rings (SSSR count). The first kappa shape index (κ1) is 21.3. The van der Waals surface area contributed by atoms with E-state index in [1.165, 1.54) is 24.5 Å². The van der Waals surface area contributed by atoms with Gasteiger partial charge < -0.3 is 9.47 Å². The number of benzene rings is 3. The van der Waals surface area contributed by atoms with E-state index < -0.39 is 4.32 Å². The van der Waals surface area contributed by atoms with Gasteiger partial charge in [-0.05, 0) is 62.4 Å². The molecule has 3 aromatic carbocycles. The van der Waals surface area contributed by atoms with E-state index in [4.69, 9.17) is 9.47 Å². The summed E-state index contributed by atoms with van der Waals surface area (Å²) in [6.07, 6.45) is 0. The van der Waals surface area contributed by atoms with Crippen LogP contribution in [-0.2, 0) is 20.4 Å². The summed E-state index contributed by atoms with van der Waals surface area (Å²) in [6.45, 7) is 4.06. The van der Waals surface area contributed by atoms with Crippen molar-refractivity contribution in [3.63, 3.8) is 0 Å². The standard InChI is InChI=1S/C24H22BrO3S2/c1-24(2,25)23(26)28-16-15-27-17-11-13-18(14-12-17)30-21-9-5-3-7-19(21)29-20-8-4-6-10-22(20)30/h3-14H,15-16H2,1-2H3/q+1. The van der Waals surface area contributed by atoms with Gasteiger partial charge in [0.2, 0.25) is 0 Å². The maximum atomic E-state index is 11.8. The third kappa shape index (κ3) is 4.71. The van der Waals surface area contributed by atoms with Gasteiger partial charge in [-0.1, -0.05) is 52.0 Å². The quantitative estimate of drug-likeness (QED) is 0.133. The Bertz CT molecular complexity index is 999. The third-order valence-electron chi connectivity index (χ3n) is 4.49. The maximum absolute atomic E-state index is 11.8. The Morgan fingerprint density at radius 1 is 0.900 bits per heavy atom. The zero-order valence-corrected chi connectivity index (χ0v) is 20.0. The van der Waals surface area contributed by atoms with Crippen molar-refractivity contribution in [2.24, 2.45) is 0 Å². The summed E-state index contributed by atoms with van der Waals surface area (Å²) in [4.78, 5) is 18.4. The number of rotatable bonds is 6. The second kappa shape index (κ2) is 9.08. The van der Waals surface area contributed by atoms with Crippen molar-refractivity contribution in [2.75, 3.05) is 13.2 Å². The molecule has 0 spiro atoms. The van der Waals surface area contributed by atoms with Crippen molar-refractivity contribution in [3.8, 4) is 5.75 Å². The molecule has 0 bridgehead atoms. The molecule has 0 N–H and O–H groups in total. The van der Waals surface area contributed by atoms with Crippen LogP contribution >= 0.6 is 27.7 Å². The maximum Gasteiger partial charge on any atom is 0.322 e. The number of fused-ring (bicyclic) bond motifs is 2. The monoisotopic (exact) mass is 501 g/mol. The molecule has 30 heavy (non-hydrogen) atoms. The van der Waals surface area contributed by atoms with E-state index in [1.807, 2.05) is 23.9 Å². The minimum Gasteiger partial charge on any atom is -0.490 e. The van der Waals surface area contributed by atoms with Crippen LogP contribution in [0.4, 0.5) is 0 Å². The van der Waals surface area contributed by atoms with Crippen molar-refractivity contribution in [1.82, 2.24) is 0 Å². The number of carbonyl (C=O) groups excluding carboxylic acids is 1. The van der Waals surface area contributed by atoms with Crippen LogP contribution in [-0.4, -0.2) is 23.5 Å². The second-order valence-electron chi connectivity index (χ2n) is 7.23. The lowest BCUT2D eigenvalue weighted by molar-refractivity contribution is -0.146. The molecule has 0 aromatic heterocycles. The minimum absolute atomic E-state index is 0.141. The second-order valence-corrected chi connectivity index (χ2v) is 12.3. The van der Waals surface area contributed by atoms with E-state index >= 15 is 0 Å². The predicted molar refractivity (Wildman–Crippen MR) is 125 cm³/mol. The molecule has 0 atom stereocenters. The lowest BCUT2D eigenvalue weighted by Gasteiger charge is -2.19. The van der Waals surface area contributed by atoms with Crippen LogP contribution in [0.5, 0.6) is 5.75 Å². The highest BCUT2D eigenvalue weighted by atomic mass is 79.9. The zero-order valence-electron chi connectivity index (χ0n) is 16.8. The molecule has 3 nitrogen and oxygen atoms in total. The Kier molecular flexibility index (Phi) is 6.46. The first-order chi connectivity index (χ1) is 14.4. The fourth-order valence-corrected chi connectivity index (χ4v) is 6.89. The highest BCUT2D eigenvalue weighted by Gasteiger charge is 2.37. The Morgan fingerprint density at radius 2 is 1.47 bits per heavy atom. The Morgan fingerprint density at radius 3 is 2.03 bits per heavy atom. The van der Waals surface area contributed by atoms with E-state index in [-0.39, 0.29) is 23.5 Å². The van der Waals surface area contributed by atoms with Crippen LogP contribution in [0.1, 0.15) is 13.8 Å². The molecular formula is C24H22BrO3S2+. The van der Waals surface area contributed by atoms with Crippen molar-refractivity contribution >= 4 is 44.6 Å². The van der Waals surface area contributed by atoms with Gasteiger partial charge >= 0.3 is 5.97 Å². The summed E-state index contributed by atoms with van der Waals surface area (Å²) in [5.41, 5.74) is 0. The summed E-state index contributed by atoms with van der Waals surface area (Å²) < 4.78 is 10.3. The van der Waals surface area contributed by atoms with Crippen molar-refractivity contribution in [2.45, 2.75) is 42.6 Å². The van der Waals surface area contributed by atoms with Gasteiger partial charge in [-0.2, -0.15) is 0 Å². The number of hydrogen-bond acceptors (Lipinski definition) is 4. The fourth-order valence-electron chi connectivity index (χ4n) is 3.03. The molecule has 1 heterocycles. The van der Waals surface area contributed by atoms with E-state index in [2.05, 4.69) is 76.6 Å². The summed E-state index contributed by atoms with van der Waals surface area (Å²) in [7, 11) is -0.141. The molecule has 0 saturated heterocycles. The number of hydrogen-bond donors (Lipinski definition) is 0. The van der Waals surface area contributed by atoms with E-state index in [1.54, 1.807) is 13.8 Å². The first-order valence-corrected chi connectivity index (χ1v) is 12.5. The van der Waals surface area contributed by atoms with Gasteiger partial charge in [-0.15, -0.1) is 0 Å². The average molecular weight is 502 g/mol. The Labute approximate surface area is 192 Å². The van der Waals surface area contributed by atoms with Gasteiger partial charge in [0.05, 0.1) is 9.79 Å². The minimum atomic E-state index is -0.680. The largest absolute Gasteiger partial charge is 0.490 e. The lowest BCUT2D eigenvalue weighted by Crippen LogP contribution is -2.28. The summed E-state index contributed by atoms with van der Waals surface area (Å²) in [5, 5.41) is 0. The topological polar surface area (TPSA) is 35.5 Å². The van der Waals surface area contributed by atoms with Gasteiger partial charge in [-0.25, -0.2) is 0 Å². The number of esters is 1. The van der Waals surface area contributed by atoms with Crippen molar-refractivity contribution < 1.29 is 14.3 Å². The fraction of sp³-hybridized carbons (Fsp3) is 0.208. The van der Waals surface area contributed by atoms with E-state index in [0.717, 1.165) is 5.75 Å². The Hall–Kier alpha value is -1.89. The molecule has 154 valence electrons. The van der Waals surface area contributed by atoms with Crippen molar-refractivity contribution in [1.29, 1.82) is 0 Å². The molecular weight excluding hydrogens is 480 g/mol. The molecule has 1 aliphatic heterocycles. The smallest absolute Gasteiger partial charge is 0.322 e. The van der Waals surface area contributed by atoms with Crippen LogP contribution in [0.15, 0.2) is 97.3 Å². The average Bonchev–Trinajstić information content (AvgIpc) is 2.74. The molecule has 6 heteroatoms. The SMILES string of the molecule is CC(C)(Br)C(=O)OCCOc1ccc([S+]2c3ccccc3Sc3ccccc32)cc1. The number of alkyl halides is 1. The van der Waals surface area contributed by atoms with Crippen LogP contribution in [0, 0.1) is 0 Å². The Balaban J connectivity index is 1.48. The lowest BCUT2D eigenvalue weighted by atomic mass is 10.2. The van der Waals surface area contributed by atoms with Crippen LogP contribution in [0.2, 0.25) is 0 Å². The van der Waals surface area contributed by atoms with Crippen LogP contribution in [0.25, 0.3) is 0 Å². The molecule has 0 amide bonds. The highest BCUT2D eigenvalue weighted by molar-refractivity contribution is 9.10. The molecule has 3 aromatic rings. The highest BCUT2D eigenvalue weighted by Crippen LogP contribution is 2.48. The number of halogens is 1. The third-order valence-corrected chi connectivity index (χ3v) is 8.56. The van der Waals surface area contributed by atoms with E-state index in [0.29, 0.717) is 6.61 Å². The van der Waals surface area contributed by atoms with Gasteiger partial charge in [-0.3, -0.25) is 4.79 Å². The van der Waals surface area contributed by atoms with E-state index in [9.17, 15) is 4.79 Å². The van der Waals surface area contributed by atoms with Gasteiger partial charge in [0.15, 0.2) is 14.7 Å². The molecule has 1 aliphatic rings. The van der Waals surface area contributed by atoms with Gasteiger partial charge in [0.25, 0.3) is 0 Å². The van der Waals surface area contributed by atoms with Crippen LogP contribution < -0.4 is 4.74 Å². The normalized spacial score (nSPS) is 13.3. The van der Waals surface area contributed by atoms with Crippen LogP contribution in [0.3, 0.4) is 0 Å². The molecule has 0 radical (unpaired) electrons. The molecule has 0 aliphatic carbocycles. The van der Waals surface area contributed by atoms with Crippen molar-refractivity contribution in [3.05, 3.63) is 72.8 Å². The molecule has 0 unspecified atom stereocenters. The summed E-state index contributed by atoms with van der Waals surface area (Å²) in [5.74, 6) is 0.472. The zero-order chi connectivity index (χ0) is 21.1. The molecule has 0 fully saturated rings. The first-order valence-electron chi connectivity index (χ1n) is 9.63. The molecule has 0 saturated carbocycles. The summed E-state index contributed by atoms with van der Waals surface area (Å²) >= 11 is 5.13.